The van der Waals surface area contributed by atoms with Crippen LogP contribution in [0.5, 0.6) is 0 Å². The second kappa shape index (κ2) is 4.95. The molecule has 0 amide bonds. The number of methoxy groups -OCH3 is 1. The number of hydrogen-bond acceptors (Lipinski definition) is 3. The molecule has 0 bridgehead atoms. The Balaban J connectivity index is 2.31. The third-order valence-corrected chi connectivity index (χ3v) is 2.77. The standard InChI is InChI=1S/C14H15NO2/c1-10-4-3-5-12-11(7-6-10)8-9-13(15-12)14(16)17-2/h3,5-9,12H,4H2,1-2H3/b5-3?,10-6?,11-7-. The molecule has 0 spiro atoms. The van der Waals surface area contributed by atoms with Crippen LogP contribution in [-0.4, -0.2) is 24.8 Å². The molecule has 88 valence electrons. The van der Waals surface area contributed by atoms with Crippen molar-refractivity contribution < 1.29 is 9.53 Å². The molecule has 2 rings (SSSR count). The van der Waals surface area contributed by atoms with E-state index in [1.807, 2.05) is 12.2 Å². The lowest BCUT2D eigenvalue weighted by molar-refractivity contribution is -0.132. The molecular formula is C14H15NO2. The van der Waals surface area contributed by atoms with Gasteiger partial charge in [-0.1, -0.05) is 36.0 Å². The first-order valence-corrected chi connectivity index (χ1v) is 5.59. The number of ether oxygens (including phenoxy) is 1. The largest absolute Gasteiger partial charge is 0.464 e. The van der Waals surface area contributed by atoms with Crippen LogP contribution in [0.3, 0.4) is 0 Å². The van der Waals surface area contributed by atoms with Crippen molar-refractivity contribution in [2.75, 3.05) is 7.11 Å². The first kappa shape index (κ1) is 11.6. The molecule has 1 aliphatic heterocycles. The van der Waals surface area contributed by atoms with Crippen molar-refractivity contribution in [1.29, 1.82) is 0 Å². The number of dihydropyridines is 1. The van der Waals surface area contributed by atoms with Crippen LogP contribution in [0, 0.1) is 0 Å². The van der Waals surface area contributed by atoms with Crippen molar-refractivity contribution in [3.8, 4) is 0 Å². The first-order valence-electron chi connectivity index (χ1n) is 5.59. The molecule has 3 heteroatoms. The number of aliphatic imine (C=N–C) groups is 1. The van der Waals surface area contributed by atoms with Crippen LogP contribution in [0.15, 0.2) is 52.6 Å². The molecule has 17 heavy (non-hydrogen) atoms. The summed E-state index contributed by atoms with van der Waals surface area (Å²) in [6.45, 7) is 2.09. The van der Waals surface area contributed by atoms with Gasteiger partial charge in [0, 0.05) is 0 Å². The zero-order valence-electron chi connectivity index (χ0n) is 10.0. The van der Waals surface area contributed by atoms with E-state index in [0.717, 1.165) is 12.0 Å². The van der Waals surface area contributed by atoms with Crippen molar-refractivity contribution in [2.24, 2.45) is 4.99 Å². The third kappa shape index (κ3) is 2.61. The lowest BCUT2D eigenvalue weighted by Crippen LogP contribution is -2.20. The maximum absolute atomic E-state index is 11.4. The van der Waals surface area contributed by atoms with Crippen LogP contribution in [0.4, 0.5) is 0 Å². The maximum atomic E-state index is 11.4. The van der Waals surface area contributed by atoms with Crippen molar-refractivity contribution >= 4 is 11.7 Å². The summed E-state index contributed by atoms with van der Waals surface area (Å²) in [7, 11) is 1.37. The Morgan fingerprint density at radius 2 is 2.24 bits per heavy atom. The number of carbonyl (C=O) groups is 1. The van der Waals surface area contributed by atoms with Crippen molar-refractivity contribution in [3.63, 3.8) is 0 Å². The van der Waals surface area contributed by atoms with E-state index in [4.69, 9.17) is 0 Å². The van der Waals surface area contributed by atoms with Gasteiger partial charge in [-0.2, -0.15) is 0 Å². The lowest BCUT2D eigenvalue weighted by Gasteiger charge is -2.16. The number of hydrogen-bond donors (Lipinski definition) is 0. The van der Waals surface area contributed by atoms with E-state index in [0.29, 0.717) is 5.71 Å². The van der Waals surface area contributed by atoms with E-state index in [-0.39, 0.29) is 12.0 Å². The van der Waals surface area contributed by atoms with Gasteiger partial charge in [0.05, 0.1) is 13.2 Å². The molecule has 0 N–H and O–H groups in total. The van der Waals surface area contributed by atoms with E-state index in [2.05, 4.69) is 34.9 Å². The van der Waals surface area contributed by atoms with E-state index in [1.54, 1.807) is 6.08 Å². The molecule has 3 nitrogen and oxygen atoms in total. The minimum Gasteiger partial charge on any atom is -0.464 e. The van der Waals surface area contributed by atoms with Gasteiger partial charge in [-0.3, -0.25) is 4.99 Å². The molecule has 0 radical (unpaired) electrons. The average Bonchev–Trinajstić information content (AvgIpc) is 2.33. The molecule has 0 fully saturated rings. The monoisotopic (exact) mass is 229 g/mol. The van der Waals surface area contributed by atoms with Crippen molar-refractivity contribution in [3.05, 3.63) is 47.6 Å². The summed E-state index contributed by atoms with van der Waals surface area (Å²) >= 11 is 0. The zero-order valence-corrected chi connectivity index (χ0v) is 10.0. The van der Waals surface area contributed by atoms with Gasteiger partial charge in [-0.25, -0.2) is 4.79 Å². The highest BCUT2D eigenvalue weighted by Crippen LogP contribution is 2.19. The quantitative estimate of drug-likeness (QED) is 0.511. The second-order valence-corrected chi connectivity index (χ2v) is 4.10. The molecule has 0 aromatic carbocycles. The van der Waals surface area contributed by atoms with E-state index in [9.17, 15) is 4.79 Å². The average molecular weight is 229 g/mol. The fourth-order valence-electron chi connectivity index (χ4n) is 1.76. The molecule has 0 saturated heterocycles. The summed E-state index contributed by atoms with van der Waals surface area (Å²) in [5.74, 6) is -0.387. The SMILES string of the molecule is COC(=O)C1=NC2C=CCC(C)=C/C=C\2C=C1. The highest BCUT2D eigenvalue weighted by atomic mass is 16.5. The van der Waals surface area contributed by atoms with Crippen LogP contribution in [0.25, 0.3) is 0 Å². The Hall–Kier alpha value is -1.90. The molecule has 2 aliphatic rings. The van der Waals surface area contributed by atoms with Crippen LogP contribution in [0.1, 0.15) is 13.3 Å². The fraction of sp³-hybridized carbons (Fsp3) is 0.286. The summed E-state index contributed by atoms with van der Waals surface area (Å²) in [5.41, 5.74) is 2.77. The number of fused-ring (bicyclic) bond motifs is 1. The predicted octanol–water partition coefficient (Wildman–Crippen LogP) is 2.37. The molecule has 1 aliphatic carbocycles. The zero-order chi connectivity index (χ0) is 12.3. The topological polar surface area (TPSA) is 38.7 Å². The molecule has 1 unspecified atom stereocenters. The normalized spacial score (nSPS) is 25.8. The molecular weight excluding hydrogens is 214 g/mol. The minimum absolute atomic E-state index is 0.0709. The first-order chi connectivity index (χ1) is 8.20. The predicted molar refractivity (Wildman–Crippen MR) is 68.0 cm³/mol. The van der Waals surface area contributed by atoms with E-state index >= 15 is 0 Å². The summed E-state index contributed by atoms with van der Waals surface area (Å²) in [6, 6.07) is -0.0709. The maximum Gasteiger partial charge on any atom is 0.356 e. The van der Waals surface area contributed by atoms with E-state index < -0.39 is 0 Å². The number of allylic oxidation sites excluding steroid dienone is 4. The highest BCUT2D eigenvalue weighted by Gasteiger charge is 2.18. The molecule has 1 atom stereocenters. The number of carbonyl (C=O) groups excluding carboxylic acids is 1. The Morgan fingerprint density at radius 1 is 1.41 bits per heavy atom. The Bertz CT molecular complexity index is 478. The minimum atomic E-state index is -0.387. The molecule has 0 aromatic heterocycles. The third-order valence-electron chi connectivity index (χ3n) is 2.77. The molecule has 0 saturated carbocycles. The van der Waals surface area contributed by atoms with Gasteiger partial charge in [-0.05, 0) is 25.0 Å². The Labute approximate surface area is 101 Å². The van der Waals surface area contributed by atoms with Gasteiger partial charge < -0.3 is 4.74 Å². The fourth-order valence-corrected chi connectivity index (χ4v) is 1.76. The number of nitrogens with zero attached hydrogens (tertiary/aromatic N) is 1. The summed E-state index contributed by atoms with van der Waals surface area (Å²) in [4.78, 5) is 15.8. The van der Waals surface area contributed by atoms with Crippen molar-refractivity contribution in [1.82, 2.24) is 0 Å². The van der Waals surface area contributed by atoms with Crippen LogP contribution >= 0.6 is 0 Å². The smallest absolute Gasteiger partial charge is 0.356 e. The molecule has 1 heterocycles. The Morgan fingerprint density at radius 3 is 3.00 bits per heavy atom. The van der Waals surface area contributed by atoms with Gasteiger partial charge in [-0.15, -0.1) is 0 Å². The lowest BCUT2D eigenvalue weighted by atomic mass is 9.98. The van der Waals surface area contributed by atoms with Gasteiger partial charge in [0.1, 0.15) is 5.71 Å². The van der Waals surface area contributed by atoms with E-state index in [1.165, 1.54) is 12.7 Å². The van der Waals surface area contributed by atoms with Gasteiger partial charge in [0.15, 0.2) is 0 Å². The molecule has 0 aromatic rings. The summed E-state index contributed by atoms with van der Waals surface area (Å²) in [5, 5.41) is 0. The van der Waals surface area contributed by atoms with Gasteiger partial charge >= 0.3 is 5.97 Å². The summed E-state index contributed by atoms with van der Waals surface area (Å²) in [6.07, 6.45) is 12.8. The van der Waals surface area contributed by atoms with Gasteiger partial charge in [0.25, 0.3) is 0 Å². The number of rotatable bonds is 1. The van der Waals surface area contributed by atoms with Crippen molar-refractivity contribution in [2.45, 2.75) is 19.4 Å². The number of esters is 1. The van der Waals surface area contributed by atoms with Crippen LogP contribution in [0.2, 0.25) is 0 Å². The Kier molecular flexibility index (Phi) is 3.38. The second-order valence-electron chi connectivity index (χ2n) is 4.10. The van der Waals surface area contributed by atoms with Crippen LogP contribution in [-0.2, 0) is 9.53 Å². The van der Waals surface area contributed by atoms with Gasteiger partial charge in [0.2, 0.25) is 0 Å². The highest BCUT2D eigenvalue weighted by molar-refractivity contribution is 6.41. The summed E-state index contributed by atoms with van der Waals surface area (Å²) < 4.78 is 4.67. The van der Waals surface area contributed by atoms with Crippen LogP contribution < -0.4 is 0 Å².